The second-order valence-electron chi connectivity index (χ2n) is 14.1. The Hall–Kier alpha value is -6.56. The SMILES string of the molecule is FC(F)(F)c1cc2cccc(-c3ccc4cc(N(c5ccc(-c6nc7ccccc7s6)cc5)c5ccc(-c6nc7ccccc7s6)cc5)ccc4c3)c2cc1C(F)(F)F. The van der Waals surface area contributed by atoms with Gasteiger partial charge in [0, 0.05) is 28.2 Å². The van der Waals surface area contributed by atoms with Crippen molar-refractivity contribution in [2.75, 3.05) is 4.90 Å². The molecule has 2 aromatic heterocycles. The van der Waals surface area contributed by atoms with Crippen molar-refractivity contribution in [3.8, 4) is 32.3 Å². The first kappa shape index (κ1) is 36.8. The number of benzene rings is 8. The number of nitrogens with zero attached hydrogens (tertiary/aromatic N) is 3. The molecule has 0 aliphatic heterocycles. The topological polar surface area (TPSA) is 29.0 Å². The van der Waals surface area contributed by atoms with Gasteiger partial charge in [-0.2, -0.15) is 26.3 Å². The summed E-state index contributed by atoms with van der Waals surface area (Å²) < 4.78 is 85.4. The molecule has 0 radical (unpaired) electrons. The highest BCUT2D eigenvalue weighted by Gasteiger charge is 2.43. The molecular formula is C48H27F6N3S2. The normalized spacial score (nSPS) is 12.2. The molecule has 0 fully saturated rings. The van der Waals surface area contributed by atoms with Gasteiger partial charge < -0.3 is 4.90 Å². The van der Waals surface area contributed by atoms with Gasteiger partial charge in [0.1, 0.15) is 10.0 Å². The van der Waals surface area contributed by atoms with Crippen LogP contribution in [-0.2, 0) is 12.4 Å². The number of thiazole rings is 2. The number of halogens is 6. The maximum absolute atomic E-state index is 14.0. The van der Waals surface area contributed by atoms with Gasteiger partial charge in [-0.05, 0) is 136 Å². The van der Waals surface area contributed by atoms with Crippen LogP contribution in [0, 0.1) is 0 Å². The molecule has 288 valence electrons. The van der Waals surface area contributed by atoms with Crippen molar-refractivity contribution < 1.29 is 26.3 Å². The smallest absolute Gasteiger partial charge is 0.310 e. The monoisotopic (exact) mass is 823 g/mol. The lowest BCUT2D eigenvalue weighted by Crippen LogP contribution is -2.16. The van der Waals surface area contributed by atoms with Gasteiger partial charge in [-0.15, -0.1) is 22.7 Å². The minimum Gasteiger partial charge on any atom is -0.310 e. The fraction of sp³-hybridized carbons (Fsp3) is 0.0417. The van der Waals surface area contributed by atoms with Gasteiger partial charge in [0.05, 0.1) is 31.6 Å². The minimum atomic E-state index is -5.19. The average Bonchev–Trinajstić information content (AvgIpc) is 3.88. The number of aromatic nitrogens is 2. The molecule has 0 aliphatic rings. The third-order valence-corrected chi connectivity index (χ3v) is 12.5. The minimum absolute atomic E-state index is 0.0669. The van der Waals surface area contributed by atoms with Gasteiger partial charge in [0.25, 0.3) is 0 Å². The lowest BCUT2D eigenvalue weighted by atomic mass is 9.92. The van der Waals surface area contributed by atoms with E-state index in [1.54, 1.807) is 40.9 Å². The average molecular weight is 824 g/mol. The van der Waals surface area contributed by atoms with Gasteiger partial charge >= 0.3 is 12.4 Å². The Morgan fingerprint density at radius 1 is 0.407 bits per heavy atom. The Bertz CT molecular complexity index is 3020. The summed E-state index contributed by atoms with van der Waals surface area (Å²) in [4.78, 5) is 11.8. The summed E-state index contributed by atoms with van der Waals surface area (Å²) in [6.07, 6.45) is -10.4. The molecular weight excluding hydrogens is 797 g/mol. The highest BCUT2D eigenvalue weighted by Crippen LogP contribution is 2.45. The predicted molar refractivity (Wildman–Crippen MR) is 229 cm³/mol. The first-order valence-corrected chi connectivity index (χ1v) is 20.1. The van der Waals surface area contributed by atoms with Gasteiger partial charge in [0.15, 0.2) is 0 Å². The summed E-state index contributed by atoms with van der Waals surface area (Å²) in [6.45, 7) is 0. The molecule has 0 N–H and O–H groups in total. The van der Waals surface area contributed by atoms with Crippen LogP contribution in [0.3, 0.4) is 0 Å². The van der Waals surface area contributed by atoms with E-state index in [2.05, 4.69) is 65.6 Å². The maximum Gasteiger partial charge on any atom is 0.417 e. The zero-order valence-electron chi connectivity index (χ0n) is 30.5. The van der Waals surface area contributed by atoms with E-state index >= 15 is 0 Å². The Labute approximate surface area is 341 Å². The predicted octanol–water partition coefficient (Wildman–Crippen LogP) is 15.7. The van der Waals surface area contributed by atoms with E-state index in [-0.39, 0.29) is 10.8 Å². The van der Waals surface area contributed by atoms with Crippen LogP contribution in [0.5, 0.6) is 0 Å². The Kier molecular flexibility index (Phi) is 8.77. The van der Waals surface area contributed by atoms with Crippen molar-refractivity contribution >= 4 is 81.7 Å². The van der Waals surface area contributed by atoms with Crippen molar-refractivity contribution in [1.82, 2.24) is 9.97 Å². The number of alkyl halides is 6. The first-order chi connectivity index (χ1) is 28.5. The molecule has 3 nitrogen and oxygen atoms in total. The number of fused-ring (bicyclic) bond motifs is 4. The highest BCUT2D eigenvalue weighted by molar-refractivity contribution is 7.22. The maximum atomic E-state index is 14.0. The molecule has 0 aliphatic carbocycles. The zero-order chi connectivity index (χ0) is 40.5. The van der Waals surface area contributed by atoms with Gasteiger partial charge in [0.2, 0.25) is 0 Å². The van der Waals surface area contributed by atoms with E-state index in [4.69, 9.17) is 9.97 Å². The van der Waals surface area contributed by atoms with Crippen molar-refractivity contribution in [2.24, 2.45) is 0 Å². The molecule has 2 heterocycles. The van der Waals surface area contributed by atoms with Crippen molar-refractivity contribution in [3.05, 3.63) is 175 Å². The van der Waals surface area contributed by atoms with Crippen LogP contribution >= 0.6 is 22.7 Å². The third kappa shape index (κ3) is 6.85. The van der Waals surface area contributed by atoms with Crippen LogP contribution in [0.2, 0.25) is 0 Å². The number of rotatable bonds is 6. The van der Waals surface area contributed by atoms with Crippen molar-refractivity contribution in [2.45, 2.75) is 12.4 Å². The van der Waals surface area contributed by atoms with E-state index in [1.165, 1.54) is 6.07 Å². The number of hydrogen-bond donors (Lipinski definition) is 0. The van der Waals surface area contributed by atoms with Crippen LogP contribution in [0.15, 0.2) is 164 Å². The molecule has 0 unspecified atom stereocenters. The molecule has 59 heavy (non-hydrogen) atoms. The van der Waals surface area contributed by atoms with Crippen LogP contribution in [0.1, 0.15) is 11.1 Å². The molecule has 10 rings (SSSR count). The summed E-state index contributed by atoms with van der Waals surface area (Å²) in [5.74, 6) is 0. The van der Waals surface area contributed by atoms with Crippen LogP contribution in [-0.4, -0.2) is 9.97 Å². The van der Waals surface area contributed by atoms with E-state index < -0.39 is 23.5 Å². The molecule has 0 amide bonds. The van der Waals surface area contributed by atoms with Crippen LogP contribution in [0.25, 0.3) is 74.2 Å². The third-order valence-electron chi connectivity index (χ3n) is 10.4. The standard InChI is InChI=1S/C48H27F6N3S2/c49-47(50,51)39-26-32-6-5-7-37(38(32)27-40(39)48(52,53)54)33-13-12-31-25-36(23-18-30(31)24-33)57(34-19-14-28(15-20-34)45-55-41-8-1-3-10-43(41)58-45)35-21-16-29(17-22-35)46-56-42-9-2-4-11-44(42)59-46/h1-27H. The summed E-state index contributed by atoms with van der Waals surface area (Å²) in [6, 6.07) is 49.9. The summed E-state index contributed by atoms with van der Waals surface area (Å²) in [7, 11) is 0. The quantitative estimate of drug-likeness (QED) is 0.156. The van der Waals surface area contributed by atoms with E-state index in [9.17, 15) is 26.3 Å². The van der Waals surface area contributed by atoms with Gasteiger partial charge in [-0.1, -0.05) is 60.7 Å². The lowest BCUT2D eigenvalue weighted by Gasteiger charge is -2.26. The van der Waals surface area contributed by atoms with E-state index in [0.29, 0.717) is 23.3 Å². The Balaban J connectivity index is 1.05. The summed E-state index contributed by atoms with van der Waals surface area (Å²) >= 11 is 3.28. The fourth-order valence-corrected chi connectivity index (χ4v) is 9.47. The molecule has 11 heteroatoms. The highest BCUT2D eigenvalue weighted by atomic mass is 32.1. The van der Waals surface area contributed by atoms with Crippen molar-refractivity contribution in [3.63, 3.8) is 0 Å². The number of hydrogen-bond acceptors (Lipinski definition) is 5. The Morgan fingerprint density at radius 2 is 0.898 bits per heavy atom. The molecule has 0 saturated carbocycles. The molecule has 10 aromatic rings. The molecule has 0 saturated heterocycles. The Morgan fingerprint density at radius 3 is 1.46 bits per heavy atom. The fourth-order valence-electron chi connectivity index (χ4n) is 7.53. The van der Waals surface area contributed by atoms with Gasteiger partial charge in [-0.25, -0.2) is 9.97 Å². The molecule has 0 atom stereocenters. The van der Waals surface area contributed by atoms with Gasteiger partial charge in [-0.3, -0.25) is 0 Å². The lowest BCUT2D eigenvalue weighted by molar-refractivity contribution is -0.161. The molecule has 8 aromatic carbocycles. The largest absolute Gasteiger partial charge is 0.417 e. The zero-order valence-corrected chi connectivity index (χ0v) is 32.1. The van der Waals surface area contributed by atoms with Crippen LogP contribution in [0.4, 0.5) is 43.4 Å². The molecule has 0 spiro atoms. The second kappa shape index (κ2) is 14.1. The van der Waals surface area contributed by atoms with Crippen molar-refractivity contribution in [1.29, 1.82) is 0 Å². The second-order valence-corrected chi connectivity index (χ2v) is 16.1. The summed E-state index contributed by atoms with van der Waals surface area (Å²) in [5, 5.41) is 3.67. The summed E-state index contributed by atoms with van der Waals surface area (Å²) in [5.41, 5.74) is 4.15. The van der Waals surface area contributed by atoms with E-state index in [1.807, 2.05) is 66.7 Å². The van der Waals surface area contributed by atoms with Crippen LogP contribution < -0.4 is 4.90 Å². The first-order valence-electron chi connectivity index (χ1n) is 18.4. The molecule has 0 bridgehead atoms. The van der Waals surface area contributed by atoms with E-state index in [0.717, 1.165) is 69.4 Å². The number of para-hydroxylation sites is 2. The number of anilines is 3.